The van der Waals surface area contributed by atoms with Crippen molar-refractivity contribution in [2.24, 2.45) is 15.0 Å². The van der Waals surface area contributed by atoms with Gasteiger partial charge in [-0.3, -0.25) is 4.99 Å². The fraction of sp³-hybridized carbons (Fsp3) is 0.0500. The van der Waals surface area contributed by atoms with E-state index in [9.17, 15) is 0 Å². The van der Waals surface area contributed by atoms with E-state index in [-0.39, 0.29) is 0 Å². The second-order valence-corrected chi connectivity index (χ2v) is 15.7. The van der Waals surface area contributed by atoms with Gasteiger partial charge in [0.1, 0.15) is 0 Å². The van der Waals surface area contributed by atoms with Crippen LogP contribution in [0.25, 0.3) is 49.7 Å². The predicted octanol–water partition coefficient (Wildman–Crippen LogP) is 14.9. The Morgan fingerprint density at radius 3 is 1.68 bits per heavy atom. The molecule has 0 saturated heterocycles. The van der Waals surface area contributed by atoms with Crippen LogP contribution in [0.15, 0.2) is 246 Å². The van der Waals surface area contributed by atoms with E-state index >= 15 is 0 Å². The molecule has 0 heterocycles. The quantitative estimate of drug-likeness (QED) is 0.0922. The summed E-state index contributed by atoms with van der Waals surface area (Å²) in [5.41, 5.74) is 16.0. The largest absolute Gasteiger partial charge is 0.261 e. The van der Waals surface area contributed by atoms with Gasteiger partial charge in [0.05, 0.1) is 6.54 Å². The summed E-state index contributed by atoms with van der Waals surface area (Å²) < 4.78 is 0. The molecule has 0 saturated carbocycles. The molecule has 0 amide bonds. The van der Waals surface area contributed by atoms with Crippen LogP contribution in [-0.4, -0.2) is 18.4 Å². The van der Waals surface area contributed by atoms with E-state index in [2.05, 4.69) is 213 Å². The Labute approximate surface area is 370 Å². The number of hydrogen-bond acceptors (Lipinski definition) is 1. The van der Waals surface area contributed by atoms with Crippen LogP contribution in [0.5, 0.6) is 0 Å². The molecule has 3 nitrogen and oxygen atoms in total. The molecule has 9 rings (SSSR count). The van der Waals surface area contributed by atoms with Gasteiger partial charge >= 0.3 is 0 Å². The molecule has 9 aromatic carbocycles. The summed E-state index contributed by atoms with van der Waals surface area (Å²) in [6.45, 7) is 6.61. The first-order chi connectivity index (χ1) is 31.1. The number of amidine groups is 2. The lowest BCUT2D eigenvalue weighted by Crippen LogP contribution is -2.06. The van der Waals surface area contributed by atoms with Crippen LogP contribution < -0.4 is 0 Å². The lowest BCUT2D eigenvalue weighted by molar-refractivity contribution is 1.06. The second-order valence-electron chi connectivity index (χ2n) is 15.7. The normalized spacial score (nSPS) is 12.0. The highest BCUT2D eigenvalue weighted by Gasteiger charge is 2.13. The topological polar surface area (TPSA) is 37.1 Å². The third-order valence-electron chi connectivity index (χ3n) is 11.5. The van der Waals surface area contributed by atoms with Gasteiger partial charge in [0.15, 0.2) is 11.7 Å². The van der Waals surface area contributed by atoms with Gasteiger partial charge in [-0.1, -0.05) is 218 Å². The third-order valence-corrected chi connectivity index (χ3v) is 11.5. The third kappa shape index (κ3) is 9.49. The Hall–Kier alpha value is -8.01. The molecule has 0 fully saturated rings. The number of nitrogens with zero attached hydrogens (tertiary/aromatic N) is 3. The highest BCUT2D eigenvalue weighted by molar-refractivity contribution is 6.13. The summed E-state index contributed by atoms with van der Waals surface area (Å²) in [4.78, 5) is 14.7. The molecule has 0 atom stereocenters. The molecule has 0 aliphatic carbocycles. The van der Waals surface area contributed by atoms with Crippen molar-refractivity contribution in [2.75, 3.05) is 0 Å². The maximum Gasteiger partial charge on any atom is 0.161 e. The van der Waals surface area contributed by atoms with Gasteiger partial charge in [0, 0.05) is 11.1 Å². The van der Waals surface area contributed by atoms with E-state index in [1.165, 1.54) is 44.2 Å². The van der Waals surface area contributed by atoms with Gasteiger partial charge in [-0.15, -0.1) is 0 Å². The van der Waals surface area contributed by atoms with Crippen molar-refractivity contribution < 1.29 is 0 Å². The monoisotopic (exact) mass is 809 g/mol. The molecule has 0 N–H and O–H groups in total. The fourth-order valence-electron chi connectivity index (χ4n) is 8.18. The summed E-state index contributed by atoms with van der Waals surface area (Å²) >= 11 is 0. The van der Waals surface area contributed by atoms with Crippen LogP contribution in [0.1, 0.15) is 38.9 Å². The van der Waals surface area contributed by atoms with E-state index in [1.54, 1.807) is 0 Å². The summed E-state index contributed by atoms with van der Waals surface area (Å²) in [6.07, 6.45) is 3.20. The highest BCUT2D eigenvalue weighted by atomic mass is 15.0. The molecule has 0 bridgehead atoms. The first-order valence-corrected chi connectivity index (χ1v) is 21.4. The molecule has 302 valence electrons. The number of aliphatic imine (C=N–C) groups is 3. The van der Waals surface area contributed by atoms with Gasteiger partial charge in [-0.2, -0.15) is 0 Å². The van der Waals surface area contributed by atoms with Crippen LogP contribution in [0.3, 0.4) is 0 Å². The first kappa shape index (κ1) is 40.4. The van der Waals surface area contributed by atoms with Crippen LogP contribution in [0.4, 0.5) is 0 Å². The van der Waals surface area contributed by atoms with Crippen LogP contribution in [-0.2, 0) is 13.0 Å². The number of hydrogen-bond donors (Lipinski definition) is 0. The van der Waals surface area contributed by atoms with Crippen molar-refractivity contribution in [1.29, 1.82) is 0 Å². The zero-order chi connectivity index (χ0) is 42.8. The maximum atomic E-state index is 5.14. The minimum absolute atomic E-state index is 0.456. The molecule has 9 aromatic rings. The Bertz CT molecular complexity index is 3090. The number of rotatable bonds is 11. The number of benzene rings is 9. The van der Waals surface area contributed by atoms with Gasteiger partial charge in [-0.25, -0.2) is 9.98 Å². The summed E-state index contributed by atoms with van der Waals surface area (Å²) in [6, 6.07) is 78.9. The molecule has 0 aromatic heterocycles. The highest BCUT2D eigenvalue weighted by Crippen LogP contribution is 2.34. The Morgan fingerprint density at radius 1 is 0.444 bits per heavy atom. The Balaban J connectivity index is 1.01. The number of aryl methyl sites for hydroxylation is 1. The zero-order valence-electron chi connectivity index (χ0n) is 35.4. The second kappa shape index (κ2) is 19.1. The molecule has 0 unspecified atom stereocenters. The van der Waals surface area contributed by atoms with E-state index < -0.39 is 0 Å². The SMILES string of the molecule is C=N/C(=N\C(=N/Cc1cccc(-c2ccccc2)c1)c1ccc(-c2ccc(C/C=C(/c3ccccc3)c3c(C)ccc4ccccc34)cc2)cc1)c1cccc(-c2ccccc2)c1. The number of fused-ring (bicyclic) bond motifs is 1. The van der Waals surface area contributed by atoms with Crippen LogP contribution in [0, 0.1) is 6.92 Å². The molecule has 0 spiro atoms. The van der Waals surface area contributed by atoms with E-state index in [1.807, 2.05) is 36.4 Å². The first-order valence-electron chi connectivity index (χ1n) is 21.4. The van der Waals surface area contributed by atoms with Crippen LogP contribution in [0.2, 0.25) is 0 Å². The van der Waals surface area contributed by atoms with E-state index in [0.717, 1.165) is 50.9 Å². The van der Waals surface area contributed by atoms with E-state index in [4.69, 9.17) is 9.98 Å². The van der Waals surface area contributed by atoms with Crippen molar-refractivity contribution in [2.45, 2.75) is 19.9 Å². The molecule has 0 aliphatic heterocycles. The van der Waals surface area contributed by atoms with Gasteiger partial charge in [-0.05, 0) is 110 Å². The molecular formula is C60H47N3. The van der Waals surface area contributed by atoms with Crippen molar-refractivity contribution in [1.82, 2.24) is 0 Å². The lowest BCUT2D eigenvalue weighted by atomic mass is 9.88. The molecule has 63 heavy (non-hydrogen) atoms. The summed E-state index contributed by atoms with van der Waals surface area (Å²) in [5.74, 6) is 1.11. The molecule has 0 radical (unpaired) electrons. The predicted molar refractivity (Wildman–Crippen MR) is 268 cm³/mol. The lowest BCUT2D eigenvalue weighted by Gasteiger charge is -2.15. The smallest absolute Gasteiger partial charge is 0.161 e. The Kier molecular flexibility index (Phi) is 12.3. The fourth-order valence-corrected chi connectivity index (χ4v) is 8.18. The zero-order valence-corrected chi connectivity index (χ0v) is 35.4. The van der Waals surface area contributed by atoms with Crippen molar-refractivity contribution in [3.8, 4) is 33.4 Å². The maximum absolute atomic E-state index is 5.14. The standard InChI is InChI=1S/C60H47N3/c1-43-28-32-51-23-12-13-27-56(51)58(43)57(50-21-10-5-11-22-50)39-31-44-29-33-48(34-30-44)49-35-37-52(38-36-49)60(62-42-45-16-14-24-53(40-45)46-17-6-3-7-18-46)63-59(61-2)55-26-15-25-54(41-55)47-19-8-4-9-20-47/h3-30,32-41H,2,31,42H2,1H3/b57-39-,62-60-,63-59-. The van der Waals surface area contributed by atoms with Gasteiger partial charge < -0.3 is 0 Å². The van der Waals surface area contributed by atoms with Crippen molar-refractivity contribution in [3.63, 3.8) is 0 Å². The van der Waals surface area contributed by atoms with Gasteiger partial charge in [0.25, 0.3) is 0 Å². The summed E-state index contributed by atoms with van der Waals surface area (Å²) in [7, 11) is 0. The van der Waals surface area contributed by atoms with Crippen LogP contribution >= 0.6 is 0 Å². The van der Waals surface area contributed by atoms with Crippen molar-refractivity contribution >= 4 is 34.7 Å². The molecule has 3 heteroatoms. The minimum Gasteiger partial charge on any atom is -0.261 e. The molecule has 0 aliphatic rings. The number of allylic oxidation sites excluding steroid dienone is 1. The van der Waals surface area contributed by atoms with Gasteiger partial charge in [0.2, 0.25) is 0 Å². The molecular weight excluding hydrogens is 763 g/mol. The summed E-state index contributed by atoms with van der Waals surface area (Å²) in [5, 5.41) is 2.53. The van der Waals surface area contributed by atoms with Crippen molar-refractivity contribution in [3.05, 3.63) is 269 Å². The average Bonchev–Trinajstić information content (AvgIpc) is 3.36. The average molecular weight is 810 g/mol. The minimum atomic E-state index is 0.456. The van der Waals surface area contributed by atoms with E-state index in [0.29, 0.717) is 18.2 Å². The Morgan fingerprint density at radius 2 is 1.00 bits per heavy atom.